The van der Waals surface area contributed by atoms with Gasteiger partial charge in [-0.25, -0.2) is 9.37 Å². The molecule has 9 heteroatoms. The van der Waals surface area contributed by atoms with Crippen LogP contribution in [0.3, 0.4) is 0 Å². The third-order valence-electron chi connectivity index (χ3n) is 5.83. The Morgan fingerprint density at radius 3 is 2.65 bits per heavy atom. The second kappa shape index (κ2) is 8.89. The average molecular weight is 426 g/mol. The van der Waals surface area contributed by atoms with Crippen LogP contribution in [0.15, 0.2) is 35.7 Å². The molecule has 2 heterocycles. The van der Waals surface area contributed by atoms with E-state index in [1.165, 1.54) is 5.69 Å². The third kappa shape index (κ3) is 4.77. The lowest BCUT2D eigenvalue weighted by Crippen LogP contribution is -2.44. The molecule has 0 unspecified atom stereocenters. The number of halogens is 1. The van der Waals surface area contributed by atoms with Crippen molar-refractivity contribution in [3.63, 3.8) is 0 Å². The van der Waals surface area contributed by atoms with E-state index in [4.69, 9.17) is 5.73 Å². The second-order valence-corrected chi connectivity index (χ2v) is 8.11. The molecule has 2 aliphatic rings. The number of piperazine rings is 1. The van der Waals surface area contributed by atoms with E-state index in [1.54, 1.807) is 0 Å². The Kier molecular flexibility index (Phi) is 6.03. The number of anilines is 4. The van der Waals surface area contributed by atoms with Crippen molar-refractivity contribution in [2.75, 3.05) is 48.8 Å². The highest BCUT2D eigenvalue weighted by Gasteiger charge is 2.21. The fourth-order valence-electron chi connectivity index (χ4n) is 4.08. The standard InChI is InChI=1S/C22H28FN7O/c1-14-12-15(6-7-19(14)30-10-8-29(2)9-11-30)26-22-25-13-17(23)21(28-22)27-18-5-3-4-16(18)20(24)31/h6-7,12-13H,3-5,8-11H2,1-2H3,(H2,24,31)(H2,25,26,27,28). The summed E-state index contributed by atoms with van der Waals surface area (Å²) in [5, 5.41) is 6.08. The normalized spacial score (nSPS) is 17.2. The number of allylic oxidation sites excluding steroid dienone is 1. The first-order chi connectivity index (χ1) is 14.9. The van der Waals surface area contributed by atoms with Crippen molar-refractivity contribution in [1.29, 1.82) is 0 Å². The van der Waals surface area contributed by atoms with Crippen molar-refractivity contribution < 1.29 is 9.18 Å². The van der Waals surface area contributed by atoms with Crippen molar-refractivity contribution in [1.82, 2.24) is 14.9 Å². The summed E-state index contributed by atoms with van der Waals surface area (Å²) in [5.41, 5.74) is 9.74. The van der Waals surface area contributed by atoms with Crippen LogP contribution in [0.5, 0.6) is 0 Å². The summed E-state index contributed by atoms with van der Waals surface area (Å²) in [4.78, 5) is 24.6. The van der Waals surface area contributed by atoms with Gasteiger partial charge in [-0.1, -0.05) is 0 Å². The lowest BCUT2D eigenvalue weighted by atomic mass is 10.1. The van der Waals surface area contributed by atoms with E-state index in [2.05, 4.69) is 50.4 Å². The molecule has 0 bridgehead atoms. The lowest BCUT2D eigenvalue weighted by Gasteiger charge is -2.35. The molecule has 1 aliphatic carbocycles. The molecule has 31 heavy (non-hydrogen) atoms. The molecule has 164 valence electrons. The van der Waals surface area contributed by atoms with Crippen LogP contribution in [0, 0.1) is 12.7 Å². The highest BCUT2D eigenvalue weighted by molar-refractivity contribution is 5.93. The van der Waals surface area contributed by atoms with Crippen LogP contribution in [0.2, 0.25) is 0 Å². The number of nitrogens with one attached hydrogen (secondary N) is 2. The van der Waals surface area contributed by atoms with Crippen LogP contribution in [0.1, 0.15) is 24.8 Å². The van der Waals surface area contributed by atoms with Crippen molar-refractivity contribution in [3.05, 3.63) is 47.0 Å². The summed E-state index contributed by atoms with van der Waals surface area (Å²) in [6.07, 6.45) is 3.14. The number of nitrogens with two attached hydrogens (primary N) is 1. The SMILES string of the molecule is Cc1cc(Nc2ncc(F)c(NC3=C(C(N)=O)CCC3)n2)ccc1N1CCN(C)CC1. The Labute approximate surface area is 181 Å². The largest absolute Gasteiger partial charge is 0.369 e. The summed E-state index contributed by atoms with van der Waals surface area (Å²) in [6, 6.07) is 6.11. The van der Waals surface area contributed by atoms with Gasteiger partial charge in [-0.05, 0) is 57.0 Å². The molecule has 1 aromatic carbocycles. The summed E-state index contributed by atoms with van der Waals surface area (Å²) in [5.74, 6) is -0.770. The maximum atomic E-state index is 14.3. The van der Waals surface area contributed by atoms with Crippen LogP contribution in [-0.2, 0) is 4.79 Å². The molecule has 1 aromatic heterocycles. The van der Waals surface area contributed by atoms with Gasteiger partial charge in [0, 0.05) is 48.8 Å². The number of aromatic nitrogens is 2. The first-order valence-corrected chi connectivity index (χ1v) is 10.5. The molecule has 1 fully saturated rings. The molecular weight excluding hydrogens is 397 g/mol. The maximum absolute atomic E-state index is 14.3. The van der Waals surface area contributed by atoms with Gasteiger partial charge in [0.15, 0.2) is 11.6 Å². The molecule has 0 spiro atoms. The Bertz CT molecular complexity index is 1010. The van der Waals surface area contributed by atoms with E-state index < -0.39 is 11.7 Å². The van der Waals surface area contributed by atoms with E-state index in [1.807, 2.05) is 12.1 Å². The number of amides is 1. The van der Waals surface area contributed by atoms with E-state index in [0.717, 1.165) is 50.0 Å². The van der Waals surface area contributed by atoms with Crippen LogP contribution in [0.4, 0.5) is 27.5 Å². The topological polar surface area (TPSA) is 99.4 Å². The number of hydrogen-bond donors (Lipinski definition) is 3. The minimum Gasteiger partial charge on any atom is -0.369 e. The van der Waals surface area contributed by atoms with Gasteiger partial charge < -0.3 is 26.2 Å². The quantitative estimate of drug-likeness (QED) is 0.654. The second-order valence-electron chi connectivity index (χ2n) is 8.11. The highest BCUT2D eigenvalue weighted by Crippen LogP contribution is 2.29. The van der Waals surface area contributed by atoms with Crippen molar-refractivity contribution >= 4 is 29.0 Å². The number of likely N-dealkylation sites (N-methyl/N-ethyl adjacent to an activating group) is 1. The number of primary amides is 1. The van der Waals surface area contributed by atoms with Gasteiger partial charge in [-0.3, -0.25) is 4.79 Å². The molecule has 0 radical (unpaired) electrons. The number of carbonyl (C=O) groups excluding carboxylic acids is 1. The zero-order valence-electron chi connectivity index (χ0n) is 17.9. The van der Waals surface area contributed by atoms with Gasteiger partial charge in [0.05, 0.1) is 6.20 Å². The molecule has 0 saturated carbocycles. The fraction of sp³-hybridized carbons (Fsp3) is 0.409. The number of benzene rings is 1. The minimum atomic E-state index is -0.588. The predicted molar refractivity (Wildman–Crippen MR) is 120 cm³/mol. The zero-order chi connectivity index (χ0) is 22.0. The Hall–Kier alpha value is -3.20. The van der Waals surface area contributed by atoms with E-state index in [0.29, 0.717) is 24.1 Å². The smallest absolute Gasteiger partial charge is 0.246 e. The molecule has 4 rings (SSSR count). The van der Waals surface area contributed by atoms with Crippen molar-refractivity contribution in [2.24, 2.45) is 5.73 Å². The number of nitrogens with zero attached hydrogens (tertiary/aromatic N) is 4. The number of hydrogen-bond acceptors (Lipinski definition) is 7. The third-order valence-corrected chi connectivity index (χ3v) is 5.83. The van der Waals surface area contributed by atoms with Gasteiger partial charge in [0.2, 0.25) is 11.9 Å². The Morgan fingerprint density at radius 2 is 1.94 bits per heavy atom. The fourth-order valence-corrected chi connectivity index (χ4v) is 4.08. The zero-order valence-corrected chi connectivity index (χ0v) is 17.9. The first-order valence-electron chi connectivity index (χ1n) is 10.5. The molecule has 1 aliphatic heterocycles. The molecule has 1 amide bonds. The molecule has 4 N–H and O–H groups in total. The van der Waals surface area contributed by atoms with Gasteiger partial charge in [-0.15, -0.1) is 0 Å². The minimum absolute atomic E-state index is 0.0268. The van der Waals surface area contributed by atoms with Crippen molar-refractivity contribution in [2.45, 2.75) is 26.2 Å². The highest BCUT2D eigenvalue weighted by atomic mass is 19.1. The van der Waals surface area contributed by atoms with Gasteiger partial charge in [0.25, 0.3) is 0 Å². The summed E-state index contributed by atoms with van der Waals surface area (Å²) >= 11 is 0. The van der Waals surface area contributed by atoms with Gasteiger partial charge >= 0.3 is 0 Å². The molecule has 0 atom stereocenters. The van der Waals surface area contributed by atoms with Crippen LogP contribution in [-0.4, -0.2) is 54.0 Å². The lowest BCUT2D eigenvalue weighted by molar-refractivity contribution is -0.114. The summed E-state index contributed by atoms with van der Waals surface area (Å²) < 4.78 is 14.3. The molecular formula is C22H28FN7O. The van der Waals surface area contributed by atoms with E-state index in [-0.39, 0.29) is 11.8 Å². The molecule has 8 nitrogen and oxygen atoms in total. The van der Waals surface area contributed by atoms with E-state index in [9.17, 15) is 9.18 Å². The Balaban J connectivity index is 1.50. The summed E-state index contributed by atoms with van der Waals surface area (Å²) in [7, 11) is 2.14. The monoisotopic (exact) mass is 425 g/mol. The van der Waals surface area contributed by atoms with Crippen LogP contribution < -0.4 is 21.3 Å². The van der Waals surface area contributed by atoms with Crippen LogP contribution >= 0.6 is 0 Å². The Morgan fingerprint density at radius 1 is 1.16 bits per heavy atom. The number of aryl methyl sites for hydroxylation is 1. The number of rotatable bonds is 6. The number of carbonyl (C=O) groups is 1. The molecule has 1 saturated heterocycles. The maximum Gasteiger partial charge on any atom is 0.246 e. The average Bonchev–Trinajstić information content (AvgIpc) is 3.20. The van der Waals surface area contributed by atoms with Gasteiger partial charge in [0.1, 0.15) is 0 Å². The van der Waals surface area contributed by atoms with E-state index >= 15 is 0 Å². The first kappa shape index (κ1) is 21.0. The van der Waals surface area contributed by atoms with Crippen LogP contribution in [0.25, 0.3) is 0 Å². The van der Waals surface area contributed by atoms with Gasteiger partial charge in [-0.2, -0.15) is 4.98 Å². The molecule has 2 aromatic rings. The van der Waals surface area contributed by atoms with Crippen molar-refractivity contribution in [3.8, 4) is 0 Å². The summed E-state index contributed by atoms with van der Waals surface area (Å²) in [6.45, 7) is 6.18. The predicted octanol–water partition coefficient (Wildman–Crippen LogP) is 2.75.